The van der Waals surface area contributed by atoms with Gasteiger partial charge in [0.1, 0.15) is 17.8 Å². The first kappa shape index (κ1) is 22.1. The molecule has 4 rings (SSSR count). The maximum absolute atomic E-state index is 13.5. The molecule has 0 radical (unpaired) electrons. The van der Waals surface area contributed by atoms with Crippen LogP contribution in [0, 0.1) is 11.8 Å². The fourth-order valence-electron chi connectivity index (χ4n) is 5.33. The Kier molecular flexibility index (Phi) is 5.34. The maximum atomic E-state index is 13.5. The van der Waals surface area contributed by atoms with Crippen LogP contribution in [0.2, 0.25) is 0 Å². The largest absolute Gasteiger partial charge is 0.508 e. The van der Waals surface area contributed by atoms with Gasteiger partial charge in [-0.2, -0.15) is 26.0 Å². The summed E-state index contributed by atoms with van der Waals surface area (Å²) in [4.78, 5) is 12.0. The molecule has 29 heavy (non-hydrogen) atoms. The Morgan fingerprint density at radius 2 is 1.69 bits per heavy atom. The van der Waals surface area contributed by atoms with Crippen molar-refractivity contribution in [1.29, 1.82) is 0 Å². The lowest BCUT2D eigenvalue weighted by Crippen LogP contribution is -2.61. The van der Waals surface area contributed by atoms with Gasteiger partial charge < -0.3 is 14.2 Å². The normalized spacial score (nSPS) is 34.0. The molecule has 0 aliphatic heterocycles. The van der Waals surface area contributed by atoms with Gasteiger partial charge in [-0.1, -0.05) is 6.58 Å². The minimum absolute atomic E-state index is 0.266. The predicted molar refractivity (Wildman–Crippen MR) is 89.9 cm³/mol. The zero-order valence-corrected chi connectivity index (χ0v) is 16.2. The van der Waals surface area contributed by atoms with Gasteiger partial charge in [-0.25, -0.2) is 4.79 Å². The quantitative estimate of drug-likeness (QED) is 0.261. The highest BCUT2D eigenvalue weighted by atomic mass is 32.2. The van der Waals surface area contributed by atoms with Crippen LogP contribution >= 0.6 is 0 Å². The van der Waals surface area contributed by atoms with Crippen LogP contribution in [-0.2, 0) is 24.3 Å². The summed E-state index contributed by atoms with van der Waals surface area (Å²) in [7, 11) is -6.34. The molecular formula is C17H22F4O7S. The Bertz CT molecular complexity index is 769. The molecule has 4 fully saturated rings. The second-order valence-electron chi connectivity index (χ2n) is 8.26. The van der Waals surface area contributed by atoms with Crippen LogP contribution in [0.15, 0.2) is 12.8 Å². The minimum atomic E-state index is -6.34. The van der Waals surface area contributed by atoms with Gasteiger partial charge in [-0.3, -0.25) is 4.55 Å². The summed E-state index contributed by atoms with van der Waals surface area (Å²) in [5, 5.41) is -5.71. The molecule has 2 atom stereocenters. The molecule has 0 heterocycles. The highest BCUT2D eigenvalue weighted by Crippen LogP contribution is 2.60. The summed E-state index contributed by atoms with van der Waals surface area (Å²) < 4.78 is 98.1. The summed E-state index contributed by atoms with van der Waals surface area (Å²) in [6.45, 7) is 2.36. The van der Waals surface area contributed by atoms with Crippen LogP contribution in [0.3, 0.4) is 0 Å². The van der Waals surface area contributed by atoms with E-state index in [9.17, 15) is 30.8 Å². The molecule has 1 N–H and O–H groups in total. The van der Waals surface area contributed by atoms with Crippen LogP contribution in [0.4, 0.5) is 22.4 Å². The summed E-state index contributed by atoms with van der Waals surface area (Å²) in [6.07, 6.45) is 2.33. The van der Waals surface area contributed by atoms with Crippen LogP contribution in [0.1, 0.15) is 44.9 Å². The smallest absolute Gasteiger partial charge is 0.495 e. The lowest BCUT2D eigenvalue weighted by atomic mass is 9.52. The third kappa shape index (κ3) is 4.05. The number of rotatable bonds is 8. The fraction of sp³-hybridized carbons (Fsp3) is 0.824. The van der Waals surface area contributed by atoms with Gasteiger partial charge in [0.15, 0.2) is 0 Å². The van der Waals surface area contributed by atoms with Crippen LogP contribution in [0.5, 0.6) is 0 Å². The fourth-order valence-corrected chi connectivity index (χ4v) is 5.81. The third-order valence-corrected chi connectivity index (χ3v) is 6.92. The van der Waals surface area contributed by atoms with Gasteiger partial charge in [0, 0.05) is 6.42 Å². The summed E-state index contributed by atoms with van der Waals surface area (Å²) in [5.74, 6) is -4.60. The van der Waals surface area contributed by atoms with E-state index in [1.807, 2.05) is 0 Å². The van der Waals surface area contributed by atoms with E-state index >= 15 is 0 Å². The molecule has 0 aromatic rings. The first-order valence-electron chi connectivity index (χ1n) is 9.10. The van der Waals surface area contributed by atoms with E-state index in [4.69, 9.17) is 14.0 Å². The van der Waals surface area contributed by atoms with Crippen molar-refractivity contribution in [2.24, 2.45) is 11.8 Å². The van der Waals surface area contributed by atoms with Crippen LogP contribution in [-0.4, -0.2) is 48.1 Å². The van der Waals surface area contributed by atoms with Crippen molar-refractivity contribution in [2.75, 3.05) is 6.61 Å². The summed E-state index contributed by atoms with van der Waals surface area (Å²) in [6, 6.07) is 0. The summed E-state index contributed by atoms with van der Waals surface area (Å²) >= 11 is 0. The molecule has 0 amide bonds. The molecule has 4 aliphatic carbocycles. The molecule has 0 aromatic carbocycles. The topological polar surface area (TPSA) is 99.1 Å². The molecule has 4 saturated carbocycles. The van der Waals surface area contributed by atoms with E-state index in [1.54, 1.807) is 0 Å². The van der Waals surface area contributed by atoms with Gasteiger partial charge in [0.25, 0.3) is 0 Å². The Morgan fingerprint density at radius 1 is 1.14 bits per heavy atom. The molecule has 4 bridgehead atoms. The Balaban J connectivity index is 1.58. The monoisotopic (exact) mass is 446 g/mol. The molecule has 12 heteroatoms. The maximum Gasteiger partial charge on any atom is 0.508 e. The van der Waals surface area contributed by atoms with Gasteiger partial charge >= 0.3 is 27.5 Å². The SMILES string of the molecule is C=COC12CC3CC(C1)CC(OC(=O)OCCC(F)(F)C(F)(F)S(=O)(=O)O)(C3)C2. The molecular weight excluding hydrogens is 424 g/mol. The second-order valence-corrected chi connectivity index (χ2v) is 9.72. The van der Waals surface area contributed by atoms with Crippen molar-refractivity contribution in [2.45, 2.75) is 67.3 Å². The van der Waals surface area contributed by atoms with Crippen molar-refractivity contribution in [3.05, 3.63) is 12.8 Å². The number of hydrogen-bond donors (Lipinski definition) is 1. The number of carbonyl (C=O) groups is 1. The Morgan fingerprint density at radius 3 is 2.21 bits per heavy atom. The van der Waals surface area contributed by atoms with E-state index in [1.165, 1.54) is 6.26 Å². The van der Waals surface area contributed by atoms with E-state index in [2.05, 4.69) is 11.3 Å². The first-order valence-corrected chi connectivity index (χ1v) is 10.5. The predicted octanol–water partition coefficient (Wildman–Crippen LogP) is 3.90. The summed E-state index contributed by atoms with van der Waals surface area (Å²) in [5.41, 5.74) is -1.39. The molecule has 0 spiro atoms. The molecule has 4 aliphatic rings. The lowest BCUT2D eigenvalue weighted by Gasteiger charge is -2.59. The van der Waals surface area contributed by atoms with Crippen LogP contribution in [0.25, 0.3) is 0 Å². The number of ether oxygens (including phenoxy) is 3. The molecule has 2 unspecified atom stereocenters. The number of alkyl halides is 4. The van der Waals surface area contributed by atoms with Gasteiger partial charge in [-0.15, -0.1) is 0 Å². The van der Waals surface area contributed by atoms with Crippen molar-refractivity contribution >= 4 is 16.3 Å². The molecule has 0 saturated heterocycles. The van der Waals surface area contributed by atoms with E-state index < -0.39 is 51.7 Å². The van der Waals surface area contributed by atoms with Crippen molar-refractivity contribution in [1.82, 2.24) is 0 Å². The van der Waals surface area contributed by atoms with E-state index in [-0.39, 0.29) is 11.8 Å². The highest BCUT2D eigenvalue weighted by molar-refractivity contribution is 7.87. The van der Waals surface area contributed by atoms with Gasteiger partial charge in [-0.05, 0) is 43.9 Å². The minimum Gasteiger partial charge on any atom is -0.495 e. The molecule has 166 valence electrons. The first-order chi connectivity index (χ1) is 13.2. The van der Waals surface area contributed by atoms with E-state index in [0.717, 1.165) is 19.3 Å². The second kappa shape index (κ2) is 7.00. The highest BCUT2D eigenvalue weighted by Gasteiger charge is 2.65. The Labute approximate surface area is 165 Å². The molecule has 7 nitrogen and oxygen atoms in total. The number of hydrogen-bond acceptors (Lipinski definition) is 6. The van der Waals surface area contributed by atoms with Crippen molar-refractivity contribution in [3.8, 4) is 0 Å². The number of carbonyl (C=O) groups excluding carboxylic acids is 1. The Hall–Kier alpha value is -1.56. The van der Waals surface area contributed by atoms with E-state index in [0.29, 0.717) is 19.3 Å². The van der Waals surface area contributed by atoms with Crippen molar-refractivity contribution in [3.63, 3.8) is 0 Å². The van der Waals surface area contributed by atoms with Crippen LogP contribution < -0.4 is 0 Å². The standard InChI is InChI=1S/C17H22F4O7S/c1-2-27-14-6-11-5-12(7-14)9-15(8-11,10-14)28-13(22)26-4-3-16(18,19)17(20,21)29(23,24)25/h2,11-12H,1,3-10H2,(H,23,24,25). The number of halogens is 4. The zero-order chi connectivity index (χ0) is 21.7. The molecule has 0 aromatic heterocycles. The zero-order valence-electron chi connectivity index (χ0n) is 15.4. The average molecular weight is 446 g/mol. The lowest BCUT2D eigenvalue weighted by molar-refractivity contribution is -0.208. The average Bonchev–Trinajstić information content (AvgIpc) is 2.51. The van der Waals surface area contributed by atoms with Crippen molar-refractivity contribution < 1.29 is 49.5 Å². The third-order valence-electron chi connectivity index (χ3n) is 5.97. The van der Waals surface area contributed by atoms with Gasteiger partial charge in [0.2, 0.25) is 0 Å². The van der Waals surface area contributed by atoms with Gasteiger partial charge in [0.05, 0.1) is 12.7 Å².